The molecule has 1 atom stereocenters. The molecule has 23 heavy (non-hydrogen) atoms. The highest BCUT2D eigenvalue weighted by molar-refractivity contribution is 5.31. The standard InChI is InChI=1S/C22H38O/c1-19(2,3)14-21(7,8)16-22(9,15-20(4,5)6)17-10-12-18(23)13-11-17/h10-13,23H,14-16H2,1-9H3. The van der Waals surface area contributed by atoms with Crippen molar-refractivity contribution in [2.45, 2.75) is 87.0 Å². The van der Waals surface area contributed by atoms with Gasteiger partial charge in [0.25, 0.3) is 0 Å². The molecule has 0 aliphatic heterocycles. The van der Waals surface area contributed by atoms with E-state index in [1.165, 1.54) is 12.0 Å². The quantitative estimate of drug-likeness (QED) is 0.623. The molecule has 0 spiro atoms. The first kappa shape index (κ1) is 20.1. The molecule has 0 aromatic heterocycles. The van der Waals surface area contributed by atoms with Gasteiger partial charge in [-0.05, 0) is 58.6 Å². The molecule has 0 radical (unpaired) electrons. The molecule has 1 heteroatoms. The van der Waals surface area contributed by atoms with E-state index < -0.39 is 0 Å². The summed E-state index contributed by atoms with van der Waals surface area (Å²) in [5.74, 6) is 0.348. The van der Waals surface area contributed by atoms with Crippen LogP contribution in [0.5, 0.6) is 5.75 Å². The zero-order valence-electron chi connectivity index (χ0n) is 16.9. The highest BCUT2D eigenvalue weighted by Gasteiger charge is 2.38. The van der Waals surface area contributed by atoms with Crippen LogP contribution in [0.4, 0.5) is 0 Å². The molecule has 132 valence electrons. The number of benzene rings is 1. The van der Waals surface area contributed by atoms with E-state index >= 15 is 0 Å². The van der Waals surface area contributed by atoms with E-state index in [0.29, 0.717) is 11.2 Å². The van der Waals surface area contributed by atoms with Gasteiger partial charge >= 0.3 is 0 Å². The largest absolute Gasteiger partial charge is 0.508 e. The Balaban J connectivity index is 3.17. The Hall–Kier alpha value is -0.980. The fourth-order valence-electron chi connectivity index (χ4n) is 4.86. The van der Waals surface area contributed by atoms with Crippen LogP contribution in [0.15, 0.2) is 24.3 Å². The van der Waals surface area contributed by atoms with E-state index in [1.54, 1.807) is 0 Å². The number of hydrogen-bond acceptors (Lipinski definition) is 1. The van der Waals surface area contributed by atoms with Crippen molar-refractivity contribution in [1.29, 1.82) is 0 Å². The summed E-state index contributed by atoms with van der Waals surface area (Å²) in [5.41, 5.74) is 2.33. The topological polar surface area (TPSA) is 20.2 Å². The lowest BCUT2D eigenvalue weighted by molar-refractivity contribution is 0.134. The van der Waals surface area contributed by atoms with Gasteiger partial charge in [-0.1, -0.05) is 74.4 Å². The SMILES string of the molecule is CC(C)(C)CC(C)(C)CC(C)(CC(C)(C)C)c1ccc(O)cc1. The van der Waals surface area contributed by atoms with Crippen molar-refractivity contribution in [3.63, 3.8) is 0 Å². The van der Waals surface area contributed by atoms with Crippen LogP contribution in [-0.4, -0.2) is 5.11 Å². The molecule has 0 heterocycles. The Morgan fingerprint density at radius 2 is 1.09 bits per heavy atom. The summed E-state index contributed by atoms with van der Waals surface area (Å²) in [4.78, 5) is 0. The molecular weight excluding hydrogens is 280 g/mol. The monoisotopic (exact) mass is 318 g/mol. The molecule has 1 aromatic carbocycles. The fourth-order valence-corrected chi connectivity index (χ4v) is 4.86. The summed E-state index contributed by atoms with van der Waals surface area (Å²) < 4.78 is 0. The minimum absolute atomic E-state index is 0.112. The molecule has 0 bridgehead atoms. The molecule has 0 fully saturated rings. The maximum absolute atomic E-state index is 9.64. The normalized spacial score (nSPS) is 16.2. The molecule has 1 unspecified atom stereocenters. The highest BCUT2D eigenvalue weighted by Crippen LogP contribution is 2.47. The Bertz CT molecular complexity index is 496. The van der Waals surface area contributed by atoms with Crippen molar-refractivity contribution < 1.29 is 5.11 Å². The van der Waals surface area contributed by atoms with Crippen molar-refractivity contribution in [2.24, 2.45) is 16.2 Å². The molecule has 0 saturated heterocycles. The lowest BCUT2D eigenvalue weighted by Crippen LogP contribution is -2.35. The summed E-state index contributed by atoms with van der Waals surface area (Å²) in [7, 11) is 0. The lowest BCUT2D eigenvalue weighted by atomic mass is 9.61. The van der Waals surface area contributed by atoms with E-state index in [4.69, 9.17) is 0 Å². The molecule has 0 amide bonds. The van der Waals surface area contributed by atoms with Crippen molar-refractivity contribution >= 4 is 0 Å². The van der Waals surface area contributed by atoms with Crippen molar-refractivity contribution in [2.75, 3.05) is 0 Å². The molecule has 1 rings (SSSR count). The first-order chi connectivity index (χ1) is 10.1. The smallest absolute Gasteiger partial charge is 0.115 e. The lowest BCUT2D eigenvalue weighted by Gasteiger charge is -2.44. The van der Waals surface area contributed by atoms with Crippen LogP contribution in [0.3, 0.4) is 0 Å². The van der Waals surface area contributed by atoms with Crippen molar-refractivity contribution in [3.8, 4) is 5.75 Å². The first-order valence-electron chi connectivity index (χ1n) is 8.92. The second kappa shape index (κ2) is 6.49. The van der Waals surface area contributed by atoms with E-state index in [2.05, 4.69) is 74.4 Å². The third-order valence-electron chi connectivity index (χ3n) is 4.36. The van der Waals surface area contributed by atoms with Gasteiger partial charge in [0, 0.05) is 0 Å². The van der Waals surface area contributed by atoms with E-state index in [1.807, 2.05) is 12.1 Å². The van der Waals surface area contributed by atoms with Crippen LogP contribution in [0.25, 0.3) is 0 Å². The average molecular weight is 319 g/mol. The Labute approximate surface area is 144 Å². The van der Waals surface area contributed by atoms with Crippen LogP contribution in [0.1, 0.15) is 87.1 Å². The van der Waals surface area contributed by atoms with Gasteiger partial charge in [-0.25, -0.2) is 0 Å². The number of hydrogen-bond donors (Lipinski definition) is 1. The summed E-state index contributed by atoms with van der Waals surface area (Å²) in [6, 6.07) is 7.86. The summed E-state index contributed by atoms with van der Waals surface area (Å²) in [6.07, 6.45) is 3.50. The summed E-state index contributed by atoms with van der Waals surface area (Å²) in [5, 5.41) is 9.64. The summed E-state index contributed by atoms with van der Waals surface area (Å²) in [6.45, 7) is 21.2. The van der Waals surface area contributed by atoms with Crippen molar-refractivity contribution in [1.82, 2.24) is 0 Å². The highest BCUT2D eigenvalue weighted by atomic mass is 16.3. The van der Waals surface area contributed by atoms with Gasteiger partial charge in [0.15, 0.2) is 0 Å². The third-order valence-corrected chi connectivity index (χ3v) is 4.36. The molecule has 1 nitrogen and oxygen atoms in total. The summed E-state index contributed by atoms with van der Waals surface area (Å²) >= 11 is 0. The second-order valence-corrected chi connectivity index (χ2v) is 10.9. The van der Waals surface area contributed by atoms with Crippen LogP contribution in [0.2, 0.25) is 0 Å². The average Bonchev–Trinajstić information content (AvgIpc) is 2.21. The Morgan fingerprint density at radius 1 is 0.652 bits per heavy atom. The predicted octanol–water partition coefficient (Wildman–Crippen LogP) is 6.94. The minimum atomic E-state index is 0.112. The van der Waals surface area contributed by atoms with E-state index in [0.717, 1.165) is 12.8 Å². The van der Waals surface area contributed by atoms with Crippen molar-refractivity contribution in [3.05, 3.63) is 29.8 Å². The predicted molar refractivity (Wildman–Crippen MR) is 102 cm³/mol. The Kier molecular flexibility index (Phi) is 5.66. The number of rotatable bonds is 5. The van der Waals surface area contributed by atoms with Gasteiger partial charge in [0.2, 0.25) is 0 Å². The van der Waals surface area contributed by atoms with E-state index in [-0.39, 0.29) is 16.2 Å². The van der Waals surface area contributed by atoms with Gasteiger partial charge < -0.3 is 5.11 Å². The zero-order valence-corrected chi connectivity index (χ0v) is 16.9. The molecular formula is C22H38O. The molecule has 0 aliphatic rings. The number of phenolic OH excluding ortho intramolecular Hbond substituents is 1. The maximum atomic E-state index is 9.64. The van der Waals surface area contributed by atoms with Crippen LogP contribution >= 0.6 is 0 Å². The van der Waals surface area contributed by atoms with Crippen LogP contribution < -0.4 is 0 Å². The molecule has 1 aromatic rings. The molecule has 1 N–H and O–H groups in total. The van der Waals surface area contributed by atoms with Crippen LogP contribution in [-0.2, 0) is 5.41 Å². The third kappa shape index (κ3) is 6.97. The second-order valence-electron chi connectivity index (χ2n) is 10.9. The van der Waals surface area contributed by atoms with Gasteiger partial charge in [0.05, 0.1) is 0 Å². The molecule has 0 saturated carbocycles. The first-order valence-corrected chi connectivity index (χ1v) is 8.92. The minimum Gasteiger partial charge on any atom is -0.508 e. The molecule has 0 aliphatic carbocycles. The van der Waals surface area contributed by atoms with Crippen LogP contribution in [0, 0.1) is 16.2 Å². The van der Waals surface area contributed by atoms with Gasteiger partial charge in [-0.2, -0.15) is 0 Å². The maximum Gasteiger partial charge on any atom is 0.115 e. The zero-order chi connectivity index (χ0) is 18.1. The Morgan fingerprint density at radius 3 is 1.48 bits per heavy atom. The number of aromatic hydroxyl groups is 1. The van der Waals surface area contributed by atoms with Gasteiger partial charge in [-0.15, -0.1) is 0 Å². The van der Waals surface area contributed by atoms with Gasteiger partial charge in [-0.3, -0.25) is 0 Å². The number of phenols is 1. The fraction of sp³-hybridized carbons (Fsp3) is 0.727. The van der Waals surface area contributed by atoms with Gasteiger partial charge in [0.1, 0.15) is 5.75 Å². The van der Waals surface area contributed by atoms with E-state index in [9.17, 15) is 5.11 Å².